The summed E-state index contributed by atoms with van der Waals surface area (Å²) >= 11 is 0. The minimum atomic E-state index is -0.187. The van der Waals surface area contributed by atoms with Crippen molar-refractivity contribution in [3.63, 3.8) is 0 Å². The zero-order valence-corrected chi connectivity index (χ0v) is 33.1. The second-order valence-corrected chi connectivity index (χ2v) is 15.9. The van der Waals surface area contributed by atoms with Gasteiger partial charge in [0.25, 0.3) is 0 Å². The van der Waals surface area contributed by atoms with Gasteiger partial charge in [-0.2, -0.15) is 0 Å². The predicted molar refractivity (Wildman–Crippen MR) is 248 cm³/mol. The standard InChI is InChI=1S/C56H44N2/c1-39-16-10-15-25-54(39)58(55-37-42-17-11-12-22-47(42)48-23-13-14-24-51(48)55)46-33-35-50-49-34-30-41(36-52(49)56(2,3)53(50)38-46)27-26-40-28-31-45(32-29-40)57(43-18-6-4-7-19-43)44-20-8-5-9-21-44/h4-38H,1-3H3/b27-26+. The van der Waals surface area contributed by atoms with Gasteiger partial charge < -0.3 is 9.80 Å². The molecule has 2 nitrogen and oxygen atoms in total. The number of aryl methyl sites for hydroxylation is 1. The number of fused-ring (bicyclic) bond motifs is 6. The van der Waals surface area contributed by atoms with Crippen molar-refractivity contribution in [1.82, 2.24) is 0 Å². The Bertz CT molecular complexity index is 2940. The molecule has 1 aliphatic rings. The van der Waals surface area contributed by atoms with Gasteiger partial charge in [-0.1, -0.05) is 166 Å². The number of hydrogen-bond donors (Lipinski definition) is 0. The van der Waals surface area contributed by atoms with Gasteiger partial charge in [0.1, 0.15) is 0 Å². The molecule has 0 N–H and O–H groups in total. The van der Waals surface area contributed by atoms with E-state index in [1.807, 2.05) is 0 Å². The van der Waals surface area contributed by atoms with Crippen LogP contribution in [0.25, 0.3) is 44.8 Å². The average Bonchev–Trinajstić information content (AvgIpc) is 3.49. The summed E-state index contributed by atoms with van der Waals surface area (Å²) in [6, 6.07) is 72.7. The third-order valence-corrected chi connectivity index (χ3v) is 11.9. The van der Waals surface area contributed by atoms with Crippen LogP contribution in [0.3, 0.4) is 0 Å². The number of benzene rings is 9. The van der Waals surface area contributed by atoms with Crippen molar-refractivity contribution in [3.05, 3.63) is 228 Å². The van der Waals surface area contributed by atoms with Gasteiger partial charge in [-0.3, -0.25) is 0 Å². The van der Waals surface area contributed by atoms with E-state index in [1.54, 1.807) is 0 Å². The molecule has 0 amide bonds. The van der Waals surface area contributed by atoms with Crippen LogP contribution in [0.1, 0.15) is 41.7 Å². The monoisotopic (exact) mass is 744 g/mol. The van der Waals surface area contributed by atoms with Crippen molar-refractivity contribution in [3.8, 4) is 11.1 Å². The van der Waals surface area contributed by atoms with Gasteiger partial charge >= 0.3 is 0 Å². The topological polar surface area (TPSA) is 6.48 Å². The molecule has 0 unspecified atom stereocenters. The number of hydrogen-bond acceptors (Lipinski definition) is 2. The Morgan fingerprint density at radius 1 is 0.379 bits per heavy atom. The van der Waals surface area contributed by atoms with Crippen LogP contribution in [-0.2, 0) is 5.41 Å². The second kappa shape index (κ2) is 14.4. The molecule has 278 valence electrons. The third kappa shape index (κ3) is 6.15. The zero-order chi connectivity index (χ0) is 39.2. The van der Waals surface area contributed by atoms with Crippen LogP contribution in [0, 0.1) is 6.92 Å². The first kappa shape index (κ1) is 35.3. The fraction of sp³-hybridized carbons (Fsp3) is 0.0714. The SMILES string of the molecule is Cc1ccccc1N(c1ccc2c(c1)C(C)(C)c1cc(/C=C/c3ccc(N(c4ccccc4)c4ccccc4)cc3)ccc1-2)c1cc2ccccc2c2ccccc12. The maximum atomic E-state index is 2.47. The molecular formula is C56H44N2. The van der Waals surface area contributed by atoms with Gasteiger partial charge in [-0.25, -0.2) is 0 Å². The van der Waals surface area contributed by atoms with Gasteiger partial charge in [0, 0.05) is 39.2 Å². The summed E-state index contributed by atoms with van der Waals surface area (Å²) in [5.74, 6) is 0. The largest absolute Gasteiger partial charge is 0.311 e. The molecule has 2 heteroatoms. The lowest BCUT2D eigenvalue weighted by molar-refractivity contribution is 0.660. The minimum absolute atomic E-state index is 0.187. The lowest BCUT2D eigenvalue weighted by Crippen LogP contribution is -2.17. The van der Waals surface area contributed by atoms with E-state index in [0.717, 1.165) is 28.3 Å². The Morgan fingerprint density at radius 2 is 0.897 bits per heavy atom. The molecule has 0 radical (unpaired) electrons. The van der Waals surface area contributed by atoms with Crippen molar-refractivity contribution in [2.45, 2.75) is 26.2 Å². The summed E-state index contributed by atoms with van der Waals surface area (Å²) < 4.78 is 0. The van der Waals surface area contributed by atoms with Crippen LogP contribution in [0.15, 0.2) is 200 Å². The highest BCUT2D eigenvalue weighted by Gasteiger charge is 2.36. The van der Waals surface area contributed by atoms with Crippen LogP contribution >= 0.6 is 0 Å². The van der Waals surface area contributed by atoms with E-state index in [0.29, 0.717) is 0 Å². The molecule has 9 aromatic rings. The fourth-order valence-electron chi connectivity index (χ4n) is 8.96. The number of rotatable bonds is 8. The first-order valence-corrected chi connectivity index (χ1v) is 20.2. The molecule has 0 fully saturated rings. The Labute approximate surface area is 341 Å². The van der Waals surface area contributed by atoms with Crippen LogP contribution < -0.4 is 9.80 Å². The number of nitrogens with zero attached hydrogens (tertiary/aromatic N) is 2. The Morgan fingerprint density at radius 3 is 1.60 bits per heavy atom. The molecule has 9 aromatic carbocycles. The van der Waals surface area contributed by atoms with Gasteiger partial charge in [-0.15, -0.1) is 0 Å². The van der Waals surface area contributed by atoms with Crippen LogP contribution in [0.5, 0.6) is 0 Å². The number of anilines is 6. The Balaban J connectivity index is 0.991. The molecule has 0 atom stereocenters. The molecule has 0 aliphatic heterocycles. The molecular weight excluding hydrogens is 701 g/mol. The highest BCUT2D eigenvalue weighted by atomic mass is 15.1. The Kier molecular flexibility index (Phi) is 8.76. The summed E-state index contributed by atoms with van der Waals surface area (Å²) in [5, 5.41) is 5.02. The van der Waals surface area contributed by atoms with E-state index in [1.165, 1.54) is 66.3 Å². The molecule has 1 aliphatic carbocycles. The maximum absolute atomic E-state index is 2.47. The molecule has 0 bridgehead atoms. The third-order valence-electron chi connectivity index (χ3n) is 11.9. The Hall–Kier alpha value is -7.16. The van der Waals surface area contributed by atoms with E-state index >= 15 is 0 Å². The minimum Gasteiger partial charge on any atom is -0.311 e. The molecule has 0 spiro atoms. The van der Waals surface area contributed by atoms with E-state index in [2.05, 4.69) is 243 Å². The lowest BCUT2D eigenvalue weighted by Gasteiger charge is -2.30. The van der Waals surface area contributed by atoms with Crippen molar-refractivity contribution in [1.29, 1.82) is 0 Å². The highest BCUT2D eigenvalue weighted by molar-refractivity contribution is 6.14. The number of para-hydroxylation sites is 3. The second-order valence-electron chi connectivity index (χ2n) is 15.9. The van der Waals surface area contributed by atoms with Crippen LogP contribution in [0.4, 0.5) is 34.1 Å². The van der Waals surface area contributed by atoms with Gasteiger partial charge in [0.15, 0.2) is 0 Å². The van der Waals surface area contributed by atoms with E-state index < -0.39 is 0 Å². The van der Waals surface area contributed by atoms with Gasteiger partial charge in [-0.05, 0) is 123 Å². The molecule has 0 heterocycles. The lowest BCUT2D eigenvalue weighted by atomic mass is 9.81. The normalized spacial score (nSPS) is 12.8. The maximum Gasteiger partial charge on any atom is 0.0546 e. The average molecular weight is 745 g/mol. The first-order chi connectivity index (χ1) is 28.4. The van der Waals surface area contributed by atoms with E-state index in [9.17, 15) is 0 Å². The van der Waals surface area contributed by atoms with Crippen molar-refractivity contribution in [2.75, 3.05) is 9.80 Å². The van der Waals surface area contributed by atoms with Crippen LogP contribution in [-0.4, -0.2) is 0 Å². The fourth-order valence-corrected chi connectivity index (χ4v) is 8.96. The van der Waals surface area contributed by atoms with Gasteiger partial charge in [0.2, 0.25) is 0 Å². The molecule has 0 saturated carbocycles. The zero-order valence-electron chi connectivity index (χ0n) is 33.1. The van der Waals surface area contributed by atoms with E-state index in [4.69, 9.17) is 0 Å². The van der Waals surface area contributed by atoms with Crippen molar-refractivity contribution >= 4 is 67.8 Å². The van der Waals surface area contributed by atoms with Crippen molar-refractivity contribution in [2.24, 2.45) is 0 Å². The predicted octanol–water partition coefficient (Wildman–Crippen LogP) is 15.7. The van der Waals surface area contributed by atoms with Crippen molar-refractivity contribution < 1.29 is 0 Å². The highest BCUT2D eigenvalue weighted by Crippen LogP contribution is 2.52. The van der Waals surface area contributed by atoms with E-state index in [-0.39, 0.29) is 5.41 Å². The van der Waals surface area contributed by atoms with Gasteiger partial charge in [0.05, 0.1) is 5.69 Å². The summed E-state index contributed by atoms with van der Waals surface area (Å²) in [5.41, 5.74) is 15.7. The smallest absolute Gasteiger partial charge is 0.0546 e. The van der Waals surface area contributed by atoms with Crippen LogP contribution in [0.2, 0.25) is 0 Å². The summed E-state index contributed by atoms with van der Waals surface area (Å²) in [6.45, 7) is 6.97. The first-order valence-electron chi connectivity index (χ1n) is 20.2. The molecule has 10 rings (SSSR count). The molecule has 0 aromatic heterocycles. The summed E-state index contributed by atoms with van der Waals surface area (Å²) in [7, 11) is 0. The quantitative estimate of drug-likeness (QED) is 0.113. The molecule has 0 saturated heterocycles. The summed E-state index contributed by atoms with van der Waals surface area (Å²) in [6.07, 6.45) is 4.47. The molecule has 58 heavy (non-hydrogen) atoms. The summed E-state index contributed by atoms with van der Waals surface area (Å²) in [4.78, 5) is 4.77.